The van der Waals surface area contributed by atoms with E-state index in [0.29, 0.717) is 5.39 Å². The number of rotatable bonds is 1. The van der Waals surface area contributed by atoms with Crippen molar-refractivity contribution in [3.8, 4) is 0 Å². The molecule has 0 heterocycles. The summed E-state index contributed by atoms with van der Waals surface area (Å²) in [5.41, 5.74) is 0. The Morgan fingerprint density at radius 2 is 1.53 bits per heavy atom. The predicted molar refractivity (Wildman–Crippen MR) is 62.3 cm³/mol. The third-order valence-corrected chi connectivity index (χ3v) is 2.94. The molecule has 0 saturated heterocycles. The summed E-state index contributed by atoms with van der Waals surface area (Å²) in [5.74, 6) is 0. The van der Waals surface area contributed by atoms with E-state index in [1.807, 2.05) is 6.07 Å². The van der Waals surface area contributed by atoms with E-state index in [2.05, 4.69) is 0 Å². The number of hydrogen-bond donors (Lipinski definition) is 1. The average Bonchev–Trinajstić information content (AvgIpc) is 2.15. The second-order valence-electron chi connectivity index (χ2n) is 2.95. The van der Waals surface area contributed by atoms with Crippen LogP contribution in [0.5, 0.6) is 0 Å². The zero-order chi connectivity index (χ0) is 10.2. The molecule has 1 N–H and O–H groups in total. The Balaban J connectivity index is 0.00000112. The third-order valence-electron chi connectivity index (χ3n) is 2.03. The van der Waals surface area contributed by atoms with Crippen LogP contribution in [-0.2, 0) is 10.1 Å². The van der Waals surface area contributed by atoms with Crippen molar-refractivity contribution in [3.05, 3.63) is 42.5 Å². The molecule has 76 valence electrons. The van der Waals surface area contributed by atoms with Crippen LogP contribution in [0.3, 0.4) is 0 Å². The first-order chi connectivity index (χ1) is 6.59. The van der Waals surface area contributed by atoms with Crippen molar-refractivity contribution in [2.24, 2.45) is 0 Å². The zero-order valence-corrected chi connectivity index (χ0v) is 8.03. The fraction of sp³-hybridized carbons (Fsp3) is 0. The van der Waals surface area contributed by atoms with Crippen molar-refractivity contribution < 1.29 is 13.0 Å². The van der Waals surface area contributed by atoms with E-state index < -0.39 is 10.1 Å². The van der Waals surface area contributed by atoms with Crippen molar-refractivity contribution >= 4 is 66.4 Å². The molecule has 2 rings (SSSR count). The van der Waals surface area contributed by atoms with Gasteiger partial charge in [-0.3, -0.25) is 4.55 Å². The molecule has 15 heavy (non-hydrogen) atoms. The molecular weight excluding hydrogens is 288 g/mol. The molecule has 0 aliphatic carbocycles. The molecule has 0 aromatic heterocycles. The molecule has 0 atom stereocenters. The predicted octanol–water partition coefficient (Wildman–Crippen LogP) is 1.17. The Kier molecular flexibility index (Phi) is 4.34. The fourth-order valence-electron chi connectivity index (χ4n) is 1.42. The molecule has 0 unspecified atom stereocenters. The first kappa shape index (κ1) is 13.2. The van der Waals surface area contributed by atoms with Crippen molar-refractivity contribution in [2.75, 3.05) is 0 Å². The average molecular weight is 298 g/mol. The molecule has 0 bridgehead atoms. The van der Waals surface area contributed by atoms with Gasteiger partial charge < -0.3 is 0 Å². The van der Waals surface area contributed by atoms with Gasteiger partial charge in [0.1, 0.15) is 4.90 Å². The summed E-state index contributed by atoms with van der Waals surface area (Å²) in [6.45, 7) is 0. The van der Waals surface area contributed by atoms with Gasteiger partial charge in [0.2, 0.25) is 0 Å². The monoisotopic (exact) mass is 298 g/mol. The first-order valence-corrected chi connectivity index (χ1v) is 5.48. The summed E-state index contributed by atoms with van der Waals surface area (Å²) in [4.78, 5) is -0.0457. The third kappa shape index (κ3) is 2.81. The summed E-state index contributed by atoms with van der Waals surface area (Å²) >= 11 is 0. The molecule has 0 amide bonds. The van der Waals surface area contributed by atoms with Crippen molar-refractivity contribution in [3.63, 3.8) is 0 Å². The van der Waals surface area contributed by atoms with Gasteiger partial charge in [-0.05, 0) is 11.5 Å². The summed E-state index contributed by atoms with van der Waals surface area (Å²) < 4.78 is 31.0. The second kappa shape index (κ2) is 4.95. The molecule has 0 aliphatic heterocycles. The molecule has 0 radical (unpaired) electrons. The topological polar surface area (TPSA) is 54.4 Å². The minimum atomic E-state index is -4.13. The summed E-state index contributed by atoms with van der Waals surface area (Å²) in [5, 5.41) is 1.33. The first-order valence-electron chi connectivity index (χ1n) is 4.04. The second-order valence-corrected chi connectivity index (χ2v) is 4.34. The SMILES string of the molecule is O=S(=O)(O)c1cccc2ccccc12.[SrH2]. The Morgan fingerprint density at radius 3 is 2.20 bits per heavy atom. The Morgan fingerprint density at radius 1 is 0.933 bits per heavy atom. The van der Waals surface area contributed by atoms with Crippen molar-refractivity contribution in [2.45, 2.75) is 4.90 Å². The van der Waals surface area contributed by atoms with Gasteiger partial charge in [-0.2, -0.15) is 8.42 Å². The van der Waals surface area contributed by atoms with Crippen LogP contribution >= 0.6 is 0 Å². The van der Waals surface area contributed by atoms with Crippen molar-refractivity contribution in [1.82, 2.24) is 0 Å². The van der Waals surface area contributed by atoms with Crippen molar-refractivity contribution in [1.29, 1.82) is 0 Å². The van der Waals surface area contributed by atoms with Gasteiger partial charge in [-0.1, -0.05) is 36.4 Å². The van der Waals surface area contributed by atoms with E-state index in [1.165, 1.54) is 6.07 Å². The van der Waals surface area contributed by atoms with Gasteiger partial charge in [0.05, 0.1) is 0 Å². The fourth-order valence-corrected chi connectivity index (χ4v) is 2.13. The van der Waals surface area contributed by atoms with Gasteiger partial charge in [-0.15, -0.1) is 0 Å². The molecule has 0 saturated carbocycles. The van der Waals surface area contributed by atoms with Crippen LogP contribution < -0.4 is 0 Å². The van der Waals surface area contributed by atoms with Gasteiger partial charge in [-0.25, -0.2) is 0 Å². The van der Waals surface area contributed by atoms with Gasteiger partial charge in [0.15, 0.2) is 0 Å². The molecule has 0 fully saturated rings. The molecule has 2 aromatic rings. The quantitative estimate of drug-likeness (QED) is 0.635. The van der Waals surface area contributed by atoms with Crippen LogP contribution in [0.4, 0.5) is 0 Å². The maximum atomic E-state index is 11.0. The zero-order valence-electron chi connectivity index (χ0n) is 7.21. The molecule has 3 nitrogen and oxygen atoms in total. The number of hydrogen-bond acceptors (Lipinski definition) is 2. The van der Waals surface area contributed by atoms with Crippen LogP contribution in [0, 0.1) is 0 Å². The van der Waals surface area contributed by atoms with Gasteiger partial charge in [0, 0.05) is 5.39 Å². The number of benzene rings is 2. The Bertz CT molecular complexity index is 573. The minimum absolute atomic E-state index is 0. The maximum absolute atomic E-state index is 11.0. The molecule has 0 aliphatic rings. The Hall–Kier alpha value is 0.0905. The molecule has 5 heteroatoms. The molecule has 2 aromatic carbocycles. The summed E-state index contributed by atoms with van der Waals surface area (Å²) in [6, 6.07) is 11.8. The van der Waals surface area contributed by atoms with Crippen LogP contribution in [0.2, 0.25) is 0 Å². The summed E-state index contributed by atoms with van der Waals surface area (Å²) in [6.07, 6.45) is 0. The van der Waals surface area contributed by atoms with Crippen LogP contribution in [0.25, 0.3) is 10.8 Å². The van der Waals surface area contributed by atoms with Crippen LogP contribution in [0.1, 0.15) is 0 Å². The molecule has 0 spiro atoms. The van der Waals surface area contributed by atoms with Gasteiger partial charge in [0.25, 0.3) is 10.1 Å². The van der Waals surface area contributed by atoms with E-state index >= 15 is 0 Å². The van der Waals surface area contributed by atoms with Gasteiger partial charge >= 0.3 is 45.5 Å². The normalized spacial score (nSPS) is 11.0. The van der Waals surface area contributed by atoms with E-state index in [4.69, 9.17) is 4.55 Å². The van der Waals surface area contributed by atoms with Crippen LogP contribution in [-0.4, -0.2) is 58.5 Å². The van der Waals surface area contributed by atoms with Crippen LogP contribution in [0.15, 0.2) is 47.4 Å². The van der Waals surface area contributed by atoms with E-state index in [9.17, 15) is 8.42 Å². The number of fused-ring (bicyclic) bond motifs is 1. The molecular formula is C10H10O3SSr. The van der Waals surface area contributed by atoms with E-state index in [1.54, 1.807) is 30.3 Å². The van der Waals surface area contributed by atoms with E-state index in [-0.39, 0.29) is 50.4 Å². The Labute approximate surface area is 125 Å². The summed E-state index contributed by atoms with van der Waals surface area (Å²) in [7, 11) is -4.13. The standard InChI is InChI=1S/C10H8O3S.Sr.2H/c11-14(12,13)10-7-3-5-8-4-1-2-6-9(8)10;;;/h1-7H,(H,11,12,13);;;. The van der Waals surface area contributed by atoms with E-state index in [0.717, 1.165) is 5.39 Å².